The number of benzene rings is 2. The highest BCUT2D eigenvalue weighted by molar-refractivity contribution is 9.10. The Morgan fingerprint density at radius 2 is 1.95 bits per heavy atom. The smallest absolute Gasteiger partial charge is 0.119 e. The Hall–Kier alpha value is -1.56. The van der Waals surface area contributed by atoms with Crippen molar-refractivity contribution in [3.63, 3.8) is 0 Å². The first-order chi connectivity index (χ1) is 10.1. The van der Waals surface area contributed by atoms with Gasteiger partial charge in [-0.1, -0.05) is 28.1 Å². The van der Waals surface area contributed by atoms with Gasteiger partial charge in [0.05, 0.1) is 13.7 Å². The van der Waals surface area contributed by atoms with E-state index in [1.54, 1.807) is 31.4 Å². The molecule has 112 valence electrons. The third-order valence-corrected chi connectivity index (χ3v) is 3.85. The predicted octanol–water partition coefficient (Wildman–Crippen LogP) is 3.06. The minimum atomic E-state index is -0.749. The van der Waals surface area contributed by atoms with Gasteiger partial charge in [0.25, 0.3) is 0 Å². The first-order valence-electron chi connectivity index (χ1n) is 6.48. The van der Waals surface area contributed by atoms with Crippen LogP contribution in [-0.2, 0) is 6.61 Å². The lowest BCUT2D eigenvalue weighted by Gasteiger charge is -2.14. The molecule has 0 aromatic heterocycles. The molecule has 0 radical (unpaired) electrons. The Kier molecular flexibility index (Phi) is 5.61. The second-order valence-electron chi connectivity index (χ2n) is 4.51. The number of halogens is 1. The van der Waals surface area contributed by atoms with Crippen LogP contribution >= 0.6 is 15.9 Å². The van der Waals surface area contributed by atoms with Crippen LogP contribution in [0.4, 0.5) is 0 Å². The molecule has 2 aromatic rings. The molecule has 2 aromatic carbocycles. The maximum atomic E-state index is 10.1. The maximum Gasteiger partial charge on any atom is 0.119 e. The minimum Gasteiger partial charge on any atom is -0.497 e. The molecule has 2 rings (SSSR count). The van der Waals surface area contributed by atoms with Crippen molar-refractivity contribution in [2.24, 2.45) is 0 Å². The van der Waals surface area contributed by atoms with E-state index in [1.807, 2.05) is 18.2 Å². The number of aliphatic hydroxyl groups excluding tert-OH is 2. The zero-order valence-corrected chi connectivity index (χ0v) is 13.2. The molecule has 0 aliphatic carbocycles. The molecule has 0 bridgehead atoms. The van der Waals surface area contributed by atoms with E-state index < -0.39 is 6.10 Å². The minimum absolute atomic E-state index is 0.0732. The molecule has 21 heavy (non-hydrogen) atoms. The van der Waals surface area contributed by atoms with E-state index in [9.17, 15) is 10.2 Å². The molecule has 5 heteroatoms. The van der Waals surface area contributed by atoms with Crippen molar-refractivity contribution in [3.8, 4) is 11.5 Å². The molecule has 4 nitrogen and oxygen atoms in total. The fourth-order valence-corrected chi connectivity index (χ4v) is 2.25. The fourth-order valence-electron chi connectivity index (χ4n) is 1.88. The predicted molar refractivity (Wildman–Crippen MR) is 83.5 cm³/mol. The zero-order valence-electron chi connectivity index (χ0n) is 11.6. The third-order valence-electron chi connectivity index (χ3n) is 3.07. The summed E-state index contributed by atoms with van der Waals surface area (Å²) >= 11 is 3.34. The van der Waals surface area contributed by atoms with Crippen molar-refractivity contribution in [1.82, 2.24) is 0 Å². The van der Waals surface area contributed by atoms with Crippen molar-refractivity contribution in [3.05, 3.63) is 58.1 Å². The highest BCUT2D eigenvalue weighted by Gasteiger charge is 2.10. The summed E-state index contributed by atoms with van der Waals surface area (Å²) in [6.45, 7) is 0.0515. The van der Waals surface area contributed by atoms with E-state index in [0.717, 1.165) is 15.6 Å². The van der Waals surface area contributed by atoms with E-state index >= 15 is 0 Å². The van der Waals surface area contributed by atoms with Gasteiger partial charge in [0.1, 0.15) is 24.2 Å². The van der Waals surface area contributed by atoms with Crippen LogP contribution in [0.5, 0.6) is 11.5 Å². The summed E-state index contributed by atoms with van der Waals surface area (Å²) < 4.78 is 11.5. The first kappa shape index (κ1) is 15.8. The van der Waals surface area contributed by atoms with Crippen molar-refractivity contribution >= 4 is 15.9 Å². The van der Waals surface area contributed by atoms with Crippen LogP contribution in [0.15, 0.2) is 46.9 Å². The van der Waals surface area contributed by atoms with Crippen molar-refractivity contribution < 1.29 is 19.7 Å². The molecule has 0 aliphatic rings. The van der Waals surface area contributed by atoms with Crippen LogP contribution in [0.25, 0.3) is 0 Å². The van der Waals surface area contributed by atoms with Gasteiger partial charge in [-0.2, -0.15) is 0 Å². The summed E-state index contributed by atoms with van der Waals surface area (Å²) in [5, 5.41) is 19.4. The van der Waals surface area contributed by atoms with Crippen molar-refractivity contribution in [1.29, 1.82) is 0 Å². The van der Waals surface area contributed by atoms with Gasteiger partial charge in [0, 0.05) is 4.47 Å². The second kappa shape index (κ2) is 7.45. The molecule has 2 N–H and O–H groups in total. The molecule has 0 fully saturated rings. The summed E-state index contributed by atoms with van der Waals surface area (Å²) in [5.41, 5.74) is 1.47. The Morgan fingerprint density at radius 3 is 2.67 bits per heavy atom. The summed E-state index contributed by atoms with van der Waals surface area (Å²) in [6.07, 6.45) is -0.749. The Morgan fingerprint density at radius 1 is 1.14 bits per heavy atom. The molecule has 0 amide bonds. The molecule has 0 aliphatic heterocycles. The number of ether oxygens (including phenoxy) is 2. The van der Waals surface area contributed by atoms with Gasteiger partial charge >= 0.3 is 0 Å². The molecule has 0 saturated heterocycles. The van der Waals surface area contributed by atoms with E-state index in [1.165, 1.54) is 0 Å². The van der Waals surface area contributed by atoms with Gasteiger partial charge in [-0.25, -0.2) is 0 Å². The van der Waals surface area contributed by atoms with Gasteiger partial charge in [-0.05, 0) is 41.5 Å². The molecular weight excluding hydrogens is 336 g/mol. The standard InChI is InChI=1S/C16H17BrO4/c1-20-13-4-2-3-11(7-13)16(19)10-21-14-5-6-15(17)12(8-14)9-18/h2-8,16,18-19H,9-10H2,1H3. The van der Waals surface area contributed by atoms with Crippen LogP contribution in [0.3, 0.4) is 0 Å². The number of aliphatic hydroxyl groups is 2. The second-order valence-corrected chi connectivity index (χ2v) is 5.37. The quantitative estimate of drug-likeness (QED) is 0.838. The van der Waals surface area contributed by atoms with Gasteiger partial charge in [-0.15, -0.1) is 0 Å². The molecule has 1 atom stereocenters. The van der Waals surface area contributed by atoms with E-state index in [0.29, 0.717) is 11.5 Å². The Labute approximate surface area is 132 Å². The summed E-state index contributed by atoms with van der Waals surface area (Å²) in [4.78, 5) is 0. The van der Waals surface area contributed by atoms with Gasteiger partial charge < -0.3 is 19.7 Å². The summed E-state index contributed by atoms with van der Waals surface area (Å²) in [6, 6.07) is 12.6. The Bertz CT molecular complexity index is 601. The highest BCUT2D eigenvalue weighted by Crippen LogP contribution is 2.24. The normalized spacial score (nSPS) is 12.0. The summed E-state index contributed by atoms with van der Waals surface area (Å²) in [7, 11) is 1.58. The average Bonchev–Trinajstić information content (AvgIpc) is 2.53. The van der Waals surface area contributed by atoms with Gasteiger partial charge in [0.15, 0.2) is 0 Å². The zero-order chi connectivity index (χ0) is 15.2. The molecule has 0 spiro atoms. The van der Waals surface area contributed by atoms with Crippen LogP contribution in [0, 0.1) is 0 Å². The lowest BCUT2D eigenvalue weighted by Crippen LogP contribution is -2.10. The molecule has 1 unspecified atom stereocenters. The summed E-state index contributed by atoms with van der Waals surface area (Å²) in [5.74, 6) is 1.29. The lowest BCUT2D eigenvalue weighted by molar-refractivity contribution is 0.108. The van der Waals surface area contributed by atoms with E-state index in [-0.39, 0.29) is 13.2 Å². The third kappa shape index (κ3) is 4.20. The van der Waals surface area contributed by atoms with Crippen LogP contribution in [-0.4, -0.2) is 23.9 Å². The number of hydrogen-bond acceptors (Lipinski definition) is 4. The topological polar surface area (TPSA) is 58.9 Å². The van der Waals surface area contributed by atoms with E-state index in [2.05, 4.69) is 15.9 Å². The molecular formula is C16H17BrO4. The fraction of sp³-hybridized carbons (Fsp3) is 0.250. The van der Waals surface area contributed by atoms with Gasteiger partial charge in [-0.3, -0.25) is 0 Å². The van der Waals surface area contributed by atoms with Crippen molar-refractivity contribution in [2.75, 3.05) is 13.7 Å². The molecule has 0 saturated carbocycles. The monoisotopic (exact) mass is 352 g/mol. The first-order valence-corrected chi connectivity index (χ1v) is 7.27. The van der Waals surface area contributed by atoms with Crippen LogP contribution in [0.2, 0.25) is 0 Å². The van der Waals surface area contributed by atoms with Crippen molar-refractivity contribution in [2.45, 2.75) is 12.7 Å². The average molecular weight is 353 g/mol. The number of hydrogen-bond donors (Lipinski definition) is 2. The van der Waals surface area contributed by atoms with Crippen LogP contribution in [0.1, 0.15) is 17.2 Å². The van der Waals surface area contributed by atoms with Gasteiger partial charge in [0.2, 0.25) is 0 Å². The number of methoxy groups -OCH3 is 1. The number of rotatable bonds is 6. The largest absolute Gasteiger partial charge is 0.497 e. The van der Waals surface area contributed by atoms with E-state index in [4.69, 9.17) is 9.47 Å². The Balaban J connectivity index is 2.01. The maximum absolute atomic E-state index is 10.1. The molecule has 0 heterocycles. The van der Waals surface area contributed by atoms with Crippen LogP contribution < -0.4 is 9.47 Å². The lowest BCUT2D eigenvalue weighted by atomic mass is 10.1. The highest BCUT2D eigenvalue weighted by atomic mass is 79.9. The SMILES string of the molecule is COc1cccc(C(O)COc2ccc(Br)c(CO)c2)c1.